The zero-order valence-corrected chi connectivity index (χ0v) is 21.9. The first-order chi connectivity index (χ1) is 17.0. The number of hydrogen-bond acceptors (Lipinski definition) is 5. The van der Waals surface area contributed by atoms with Gasteiger partial charge in [0.25, 0.3) is 5.91 Å². The number of nitrogens with one attached hydrogen (secondary N) is 2. The van der Waals surface area contributed by atoms with Crippen molar-refractivity contribution >= 4 is 27.4 Å². The molecule has 190 valence electrons. The smallest absolute Gasteiger partial charge is 0.408 e. The van der Waals surface area contributed by atoms with E-state index in [4.69, 9.17) is 4.74 Å². The molecule has 3 aromatic carbocycles. The molecule has 0 heterocycles. The number of rotatable bonds is 8. The molecule has 0 aliphatic rings. The third-order valence-corrected chi connectivity index (χ3v) is 6.84. The normalized spacial score (nSPS) is 13.7. The Balaban J connectivity index is 1.76. The molecule has 0 saturated carbocycles. The van der Waals surface area contributed by atoms with Gasteiger partial charge >= 0.3 is 6.09 Å². The molecule has 0 radical (unpaired) electrons. The maximum atomic E-state index is 13.4. The molecule has 0 unspecified atom stereocenters. The average molecular weight is 508 g/mol. The first kappa shape index (κ1) is 26.9. The van der Waals surface area contributed by atoms with Gasteiger partial charge in [0, 0.05) is 29.8 Å². The first-order valence-electron chi connectivity index (χ1n) is 11.7. The maximum absolute atomic E-state index is 13.4. The van der Waals surface area contributed by atoms with E-state index in [1.54, 1.807) is 32.9 Å². The van der Waals surface area contributed by atoms with E-state index in [1.807, 2.05) is 72.8 Å². The Bertz CT molecular complexity index is 1280. The molecule has 0 aliphatic carbocycles. The van der Waals surface area contributed by atoms with Crippen LogP contribution in [0.5, 0.6) is 0 Å². The standard InChI is InChI=1S/C28H33N3O4S/c1-28(2,3)35-27(33)30-25(19-21-11-7-5-8-12-21)26(32)31-36(4,34)24-17-15-23(16-18-24)29-20-22-13-9-6-10-14-22/h5-18,25,29H,19-20H2,1-4H3,(H,30,33)/t25-,36-/m0/s1. The highest BCUT2D eigenvalue weighted by atomic mass is 32.2. The van der Waals surface area contributed by atoms with Gasteiger partial charge in [-0.2, -0.15) is 4.36 Å². The van der Waals surface area contributed by atoms with Crippen molar-refractivity contribution in [2.45, 2.75) is 50.3 Å². The van der Waals surface area contributed by atoms with Crippen LogP contribution in [0.2, 0.25) is 0 Å². The van der Waals surface area contributed by atoms with Crippen LogP contribution >= 0.6 is 0 Å². The molecule has 3 aromatic rings. The Morgan fingerprint density at radius 3 is 2.00 bits per heavy atom. The summed E-state index contributed by atoms with van der Waals surface area (Å²) in [6, 6.07) is 25.2. The van der Waals surface area contributed by atoms with Crippen LogP contribution in [-0.2, 0) is 32.2 Å². The molecule has 8 heteroatoms. The van der Waals surface area contributed by atoms with Crippen molar-refractivity contribution in [2.24, 2.45) is 4.36 Å². The summed E-state index contributed by atoms with van der Waals surface area (Å²) in [6.45, 7) is 5.87. The topological polar surface area (TPSA) is 96.9 Å². The van der Waals surface area contributed by atoms with E-state index in [0.29, 0.717) is 11.4 Å². The van der Waals surface area contributed by atoms with Crippen LogP contribution in [0.1, 0.15) is 31.9 Å². The van der Waals surface area contributed by atoms with Crippen molar-refractivity contribution in [1.29, 1.82) is 0 Å². The fourth-order valence-corrected chi connectivity index (χ4v) is 4.63. The van der Waals surface area contributed by atoms with Crippen LogP contribution in [0, 0.1) is 0 Å². The fourth-order valence-electron chi connectivity index (χ4n) is 3.41. The lowest BCUT2D eigenvalue weighted by atomic mass is 10.1. The van der Waals surface area contributed by atoms with Crippen LogP contribution in [0.15, 0.2) is 94.2 Å². The van der Waals surface area contributed by atoms with Gasteiger partial charge in [-0.25, -0.2) is 9.00 Å². The summed E-state index contributed by atoms with van der Waals surface area (Å²) in [7, 11) is -3.05. The third-order valence-electron chi connectivity index (χ3n) is 5.17. The van der Waals surface area contributed by atoms with Crippen molar-refractivity contribution in [2.75, 3.05) is 11.6 Å². The molecule has 7 nitrogen and oxygen atoms in total. The van der Waals surface area contributed by atoms with Gasteiger partial charge in [0.15, 0.2) is 0 Å². The number of amides is 2. The molecular formula is C28H33N3O4S. The number of ether oxygens (including phenoxy) is 1. The lowest BCUT2D eigenvalue weighted by molar-refractivity contribution is -0.119. The average Bonchev–Trinajstić information content (AvgIpc) is 2.82. The fraction of sp³-hybridized carbons (Fsp3) is 0.286. The molecule has 2 N–H and O–H groups in total. The number of alkyl carbamates (subject to hydrolysis) is 1. The van der Waals surface area contributed by atoms with Crippen molar-refractivity contribution in [3.63, 3.8) is 0 Å². The third kappa shape index (κ3) is 8.53. The summed E-state index contributed by atoms with van der Waals surface area (Å²) < 4.78 is 22.8. The van der Waals surface area contributed by atoms with Crippen LogP contribution in [0.3, 0.4) is 0 Å². The van der Waals surface area contributed by atoms with Gasteiger partial charge in [0.1, 0.15) is 11.6 Å². The second kappa shape index (κ2) is 11.9. The van der Waals surface area contributed by atoms with E-state index < -0.39 is 33.4 Å². The Morgan fingerprint density at radius 1 is 0.889 bits per heavy atom. The van der Waals surface area contributed by atoms with Gasteiger partial charge in [-0.05, 0) is 56.2 Å². The van der Waals surface area contributed by atoms with Crippen LogP contribution < -0.4 is 10.6 Å². The lowest BCUT2D eigenvalue weighted by Crippen LogP contribution is -2.44. The van der Waals surface area contributed by atoms with Gasteiger partial charge < -0.3 is 15.4 Å². The molecule has 3 rings (SSSR count). The Hall–Kier alpha value is -3.65. The van der Waals surface area contributed by atoms with E-state index in [-0.39, 0.29) is 6.42 Å². The summed E-state index contributed by atoms with van der Waals surface area (Å²) in [6.07, 6.45) is 0.883. The van der Waals surface area contributed by atoms with E-state index in [0.717, 1.165) is 16.8 Å². The van der Waals surface area contributed by atoms with Crippen molar-refractivity contribution < 1.29 is 18.5 Å². The van der Waals surface area contributed by atoms with Crippen molar-refractivity contribution in [1.82, 2.24) is 5.32 Å². The number of anilines is 1. The van der Waals surface area contributed by atoms with Gasteiger partial charge in [0.05, 0.1) is 9.73 Å². The SMILES string of the molecule is CC(C)(C)OC(=O)N[C@@H](Cc1ccccc1)C(=O)N=[S@@](C)(=O)c1ccc(NCc2ccccc2)cc1. The molecule has 2 amide bonds. The Kier molecular flexibility index (Phi) is 8.88. The second-order valence-electron chi connectivity index (χ2n) is 9.48. The predicted molar refractivity (Wildman–Crippen MR) is 143 cm³/mol. The molecule has 2 atom stereocenters. The maximum Gasteiger partial charge on any atom is 0.408 e. The summed E-state index contributed by atoms with van der Waals surface area (Å²) in [5.41, 5.74) is 2.11. The monoisotopic (exact) mass is 507 g/mol. The van der Waals surface area contributed by atoms with E-state index in [2.05, 4.69) is 15.0 Å². The van der Waals surface area contributed by atoms with Gasteiger partial charge in [-0.3, -0.25) is 4.79 Å². The largest absolute Gasteiger partial charge is 0.444 e. The van der Waals surface area contributed by atoms with Crippen LogP contribution in [0.25, 0.3) is 0 Å². The van der Waals surface area contributed by atoms with Gasteiger partial charge in [0.2, 0.25) is 0 Å². The molecule has 0 spiro atoms. The minimum atomic E-state index is -3.05. The lowest BCUT2D eigenvalue weighted by Gasteiger charge is -2.22. The van der Waals surface area contributed by atoms with Crippen molar-refractivity contribution in [3.8, 4) is 0 Å². The highest BCUT2D eigenvalue weighted by Crippen LogP contribution is 2.18. The first-order valence-corrected chi connectivity index (χ1v) is 13.6. The van der Waals surface area contributed by atoms with Gasteiger partial charge in [-0.15, -0.1) is 0 Å². The highest BCUT2D eigenvalue weighted by molar-refractivity contribution is 7.93. The van der Waals surface area contributed by atoms with E-state index in [1.165, 1.54) is 6.26 Å². The molecule has 0 aromatic heterocycles. The number of carbonyl (C=O) groups excluding carboxylic acids is 2. The minimum absolute atomic E-state index is 0.195. The summed E-state index contributed by atoms with van der Waals surface area (Å²) in [5.74, 6) is -0.677. The molecule has 36 heavy (non-hydrogen) atoms. The quantitative estimate of drug-likeness (QED) is 0.424. The number of hydrogen-bond donors (Lipinski definition) is 2. The molecule has 0 bridgehead atoms. The molecule has 0 aliphatic heterocycles. The Morgan fingerprint density at radius 2 is 1.44 bits per heavy atom. The summed E-state index contributed by atoms with van der Waals surface area (Å²) >= 11 is 0. The summed E-state index contributed by atoms with van der Waals surface area (Å²) in [5, 5.41) is 5.91. The number of benzene rings is 3. The van der Waals surface area contributed by atoms with Gasteiger partial charge in [-0.1, -0.05) is 60.7 Å². The second-order valence-corrected chi connectivity index (χ2v) is 11.7. The molecular weight excluding hydrogens is 474 g/mol. The molecule has 0 fully saturated rings. The zero-order valence-electron chi connectivity index (χ0n) is 21.1. The number of carbonyl (C=O) groups is 2. The summed E-state index contributed by atoms with van der Waals surface area (Å²) in [4.78, 5) is 26.0. The predicted octanol–water partition coefficient (Wildman–Crippen LogP) is 5.42. The van der Waals surface area contributed by atoms with Crippen molar-refractivity contribution in [3.05, 3.63) is 96.1 Å². The Labute approximate surface area is 213 Å². The van der Waals surface area contributed by atoms with Crippen LogP contribution in [-0.4, -0.2) is 34.1 Å². The zero-order chi connectivity index (χ0) is 26.2. The van der Waals surface area contributed by atoms with E-state index in [9.17, 15) is 13.8 Å². The van der Waals surface area contributed by atoms with Crippen LogP contribution in [0.4, 0.5) is 10.5 Å². The highest BCUT2D eigenvalue weighted by Gasteiger charge is 2.26. The van der Waals surface area contributed by atoms with E-state index >= 15 is 0 Å². The molecule has 0 saturated heterocycles. The minimum Gasteiger partial charge on any atom is -0.444 e. The number of nitrogens with zero attached hydrogens (tertiary/aromatic N) is 1.